The van der Waals surface area contributed by atoms with Crippen molar-refractivity contribution in [3.8, 4) is 5.75 Å². The molecule has 0 atom stereocenters. The lowest BCUT2D eigenvalue weighted by molar-refractivity contribution is -0.120. The zero-order chi connectivity index (χ0) is 22.1. The Bertz CT molecular complexity index is 1070. The monoisotopic (exact) mass is 439 g/mol. The second-order valence-electron chi connectivity index (χ2n) is 6.47. The van der Waals surface area contributed by atoms with E-state index in [1.807, 2.05) is 24.3 Å². The van der Waals surface area contributed by atoms with Crippen molar-refractivity contribution in [2.24, 2.45) is 5.10 Å². The summed E-state index contributed by atoms with van der Waals surface area (Å²) in [7, 11) is 0. The summed E-state index contributed by atoms with van der Waals surface area (Å²) in [4.78, 5) is 23.7. The van der Waals surface area contributed by atoms with Crippen LogP contribution in [0.4, 0.5) is 4.39 Å². The largest absolute Gasteiger partial charge is 0.489 e. The lowest BCUT2D eigenvalue weighted by Crippen LogP contribution is -2.34. The van der Waals surface area contributed by atoms with Gasteiger partial charge in [0.15, 0.2) is 0 Å². The number of halogens is 2. The Labute approximate surface area is 183 Å². The quantitative estimate of drug-likeness (QED) is 0.412. The molecule has 0 aromatic heterocycles. The standard InChI is InChI=1S/C23H19ClFN3O3/c24-19-8-4-16(5-9-19)15-31-21-3-1-2-17(12-21)13-27-28-22(29)14-26-23(30)18-6-10-20(25)11-7-18/h1-13H,14-15H2,(H,26,30)(H,28,29)/b27-13+. The van der Waals surface area contributed by atoms with E-state index in [2.05, 4.69) is 15.8 Å². The number of hydrogen-bond acceptors (Lipinski definition) is 4. The lowest BCUT2D eigenvalue weighted by atomic mass is 10.2. The Kier molecular flexibility index (Phi) is 7.73. The normalized spacial score (nSPS) is 10.6. The number of benzene rings is 3. The number of ether oxygens (including phenoxy) is 1. The van der Waals surface area contributed by atoms with Gasteiger partial charge in [-0.1, -0.05) is 35.9 Å². The third kappa shape index (κ3) is 7.24. The van der Waals surface area contributed by atoms with Crippen molar-refractivity contribution in [3.63, 3.8) is 0 Å². The van der Waals surface area contributed by atoms with Crippen molar-refractivity contribution < 1.29 is 18.7 Å². The fraction of sp³-hybridized carbons (Fsp3) is 0.0870. The number of hydrazone groups is 1. The van der Waals surface area contributed by atoms with Gasteiger partial charge in [-0.15, -0.1) is 0 Å². The van der Waals surface area contributed by atoms with Crippen LogP contribution in [0.25, 0.3) is 0 Å². The van der Waals surface area contributed by atoms with E-state index in [1.54, 1.807) is 24.3 Å². The van der Waals surface area contributed by atoms with Gasteiger partial charge in [-0.25, -0.2) is 9.82 Å². The van der Waals surface area contributed by atoms with Gasteiger partial charge in [0.2, 0.25) is 0 Å². The summed E-state index contributed by atoms with van der Waals surface area (Å²) in [5, 5.41) is 6.98. The van der Waals surface area contributed by atoms with E-state index >= 15 is 0 Å². The van der Waals surface area contributed by atoms with Crippen LogP contribution in [0.2, 0.25) is 5.02 Å². The van der Waals surface area contributed by atoms with Crippen molar-refractivity contribution in [1.29, 1.82) is 0 Å². The Morgan fingerprint density at radius 1 is 1.03 bits per heavy atom. The summed E-state index contributed by atoms with van der Waals surface area (Å²) in [6.07, 6.45) is 1.47. The molecular weight excluding hydrogens is 421 g/mol. The molecule has 0 saturated carbocycles. The molecule has 3 aromatic rings. The number of carbonyl (C=O) groups is 2. The van der Waals surface area contributed by atoms with Crippen molar-refractivity contribution in [1.82, 2.24) is 10.7 Å². The molecule has 0 saturated heterocycles. The van der Waals surface area contributed by atoms with E-state index < -0.39 is 17.6 Å². The maximum absolute atomic E-state index is 12.9. The van der Waals surface area contributed by atoms with Crippen LogP contribution in [0, 0.1) is 5.82 Å². The van der Waals surface area contributed by atoms with Crippen molar-refractivity contribution >= 4 is 29.6 Å². The lowest BCUT2D eigenvalue weighted by Gasteiger charge is -2.07. The van der Waals surface area contributed by atoms with E-state index in [0.717, 1.165) is 11.1 Å². The molecule has 0 unspecified atom stereocenters. The highest BCUT2D eigenvalue weighted by Gasteiger charge is 2.07. The molecule has 8 heteroatoms. The molecule has 0 aliphatic heterocycles. The highest BCUT2D eigenvalue weighted by Crippen LogP contribution is 2.15. The summed E-state index contributed by atoms with van der Waals surface area (Å²) in [5.74, 6) is -0.772. The van der Waals surface area contributed by atoms with E-state index in [-0.39, 0.29) is 12.1 Å². The highest BCUT2D eigenvalue weighted by molar-refractivity contribution is 6.30. The predicted molar refractivity (Wildman–Crippen MR) is 117 cm³/mol. The summed E-state index contributed by atoms with van der Waals surface area (Å²) in [5.41, 5.74) is 4.30. The average Bonchev–Trinajstić information content (AvgIpc) is 2.78. The second kappa shape index (κ2) is 10.9. The maximum atomic E-state index is 12.9. The molecule has 0 spiro atoms. The molecule has 0 aliphatic rings. The van der Waals surface area contributed by atoms with Gasteiger partial charge >= 0.3 is 0 Å². The van der Waals surface area contributed by atoms with Crippen LogP contribution >= 0.6 is 11.6 Å². The van der Waals surface area contributed by atoms with Gasteiger partial charge in [0, 0.05) is 10.6 Å². The van der Waals surface area contributed by atoms with Crippen LogP contribution in [-0.2, 0) is 11.4 Å². The van der Waals surface area contributed by atoms with Gasteiger partial charge in [0.25, 0.3) is 11.8 Å². The molecule has 2 N–H and O–H groups in total. The molecule has 31 heavy (non-hydrogen) atoms. The summed E-state index contributed by atoms with van der Waals surface area (Å²) >= 11 is 5.87. The molecule has 0 fully saturated rings. The Balaban J connectivity index is 1.45. The highest BCUT2D eigenvalue weighted by atomic mass is 35.5. The Hall–Kier alpha value is -3.71. The number of rotatable bonds is 8. The molecule has 158 valence electrons. The molecule has 0 bridgehead atoms. The van der Waals surface area contributed by atoms with Crippen LogP contribution in [0.1, 0.15) is 21.5 Å². The van der Waals surface area contributed by atoms with Gasteiger partial charge in [0.1, 0.15) is 18.2 Å². The number of carbonyl (C=O) groups excluding carboxylic acids is 2. The number of amides is 2. The number of nitrogens with zero attached hydrogens (tertiary/aromatic N) is 1. The zero-order valence-electron chi connectivity index (χ0n) is 16.3. The van der Waals surface area contributed by atoms with Crippen LogP contribution in [0.5, 0.6) is 5.75 Å². The van der Waals surface area contributed by atoms with Gasteiger partial charge < -0.3 is 10.1 Å². The minimum absolute atomic E-state index is 0.258. The number of hydrogen-bond donors (Lipinski definition) is 2. The minimum Gasteiger partial charge on any atom is -0.489 e. The smallest absolute Gasteiger partial charge is 0.259 e. The molecule has 0 aliphatic carbocycles. The Morgan fingerprint density at radius 2 is 1.77 bits per heavy atom. The van der Waals surface area contributed by atoms with E-state index in [0.29, 0.717) is 17.4 Å². The van der Waals surface area contributed by atoms with Crippen molar-refractivity contribution in [2.45, 2.75) is 6.61 Å². The molecule has 0 heterocycles. The topological polar surface area (TPSA) is 79.8 Å². The van der Waals surface area contributed by atoms with Gasteiger partial charge in [-0.2, -0.15) is 5.10 Å². The number of nitrogens with one attached hydrogen (secondary N) is 2. The predicted octanol–water partition coefficient (Wildman–Crippen LogP) is 3.94. The molecule has 2 amide bonds. The van der Waals surface area contributed by atoms with Gasteiger partial charge in [0.05, 0.1) is 12.8 Å². The summed E-state index contributed by atoms with van der Waals surface area (Å²) in [6.45, 7) is 0.125. The van der Waals surface area contributed by atoms with Crippen LogP contribution in [0.15, 0.2) is 77.9 Å². The van der Waals surface area contributed by atoms with Gasteiger partial charge in [-0.05, 0) is 59.7 Å². The third-order valence-electron chi connectivity index (χ3n) is 4.10. The molecule has 3 aromatic carbocycles. The van der Waals surface area contributed by atoms with Crippen LogP contribution in [-0.4, -0.2) is 24.6 Å². The third-order valence-corrected chi connectivity index (χ3v) is 4.35. The first kappa shape index (κ1) is 22.0. The van der Waals surface area contributed by atoms with Gasteiger partial charge in [-0.3, -0.25) is 9.59 Å². The minimum atomic E-state index is -0.498. The first-order valence-corrected chi connectivity index (χ1v) is 9.70. The van der Waals surface area contributed by atoms with E-state index in [4.69, 9.17) is 16.3 Å². The van der Waals surface area contributed by atoms with Crippen LogP contribution < -0.4 is 15.5 Å². The maximum Gasteiger partial charge on any atom is 0.259 e. The SMILES string of the molecule is O=C(CNC(=O)c1ccc(F)cc1)N/N=C/c1cccc(OCc2ccc(Cl)cc2)c1. The Morgan fingerprint density at radius 3 is 2.52 bits per heavy atom. The van der Waals surface area contributed by atoms with Crippen LogP contribution in [0.3, 0.4) is 0 Å². The fourth-order valence-corrected chi connectivity index (χ4v) is 2.64. The zero-order valence-corrected chi connectivity index (χ0v) is 17.1. The molecule has 6 nitrogen and oxygen atoms in total. The molecular formula is C23H19ClFN3O3. The first-order valence-electron chi connectivity index (χ1n) is 9.32. The second-order valence-corrected chi connectivity index (χ2v) is 6.91. The molecule has 0 radical (unpaired) electrons. The van der Waals surface area contributed by atoms with Crippen molar-refractivity contribution in [2.75, 3.05) is 6.54 Å². The van der Waals surface area contributed by atoms with E-state index in [9.17, 15) is 14.0 Å². The van der Waals surface area contributed by atoms with E-state index in [1.165, 1.54) is 30.5 Å². The summed E-state index contributed by atoms with van der Waals surface area (Å²) in [6, 6.07) is 19.6. The first-order chi connectivity index (χ1) is 15.0. The van der Waals surface area contributed by atoms with Crippen molar-refractivity contribution in [3.05, 3.63) is 100 Å². The molecule has 3 rings (SSSR count). The summed E-state index contributed by atoms with van der Waals surface area (Å²) < 4.78 is 18.6. The fourth-order valence-electron chi connectivity index (χ4n) is 2.51. The average molecular weight is 440 g/mol.